The van der Waals surface area contributed by atoms with Crippen LogP contribution >= 0.6 is 0 Å². The van der Waals surface area contributed by atoms with Gasteiger partial charge in [0.15, 0.2) is 8.07 Å². The van der Waals surface area contributed by atoms with Crippen molar-refractivity contribution in [1.29, 1.82) is 0 Å². The molecule has 3 heterocycles. The second kappa shape index (κ2) is 12.9. The average molecular weight is 821 g/mol. The number of aromatic nitrogens is 1. The maximum absolute atomic E-state index is 5.12. The summed E-state index contributed by atoms with van der Waals surface area (Å²) in [5.41, 5.74) is 6.51. The maximum atomic E-state index is 5.12. The number of fused-ring (bicyclic) bond motifs is 2. The largest absolute Gasteiger partial charge is 0.510 e. The molecule has 242 valence electrons. The first-order valence-corrected chi connectivity index (χ1v) is 18.3. The first-order chi connectivity index (χ1) is 23.0. The summed E-state index contributed by atoms with van der Waals surface area (Å²) in [6, 6.07) is 45.2. The number of para-hydroxylation sites is 1. The van der Waals surface area contributed by atoms with Gasteiger partial charge >= 0.3 is 0 Å². The molecular formula is C42H37N4PtSi-3. The van der Waals surface area contributed by atoms with E-state index in [1.807, 2.05) is 30.4 Å². The van der Waals surface area contributed by atoms with Gasteiger partial charge in [-0.15, -0.1) is 29.4 Å². The van der Waals surface area contributed by atoms with Crippen molar-refractivity contribution in [2.45, 2.75) is 32.1 Å². The van der Waals surface area contributed by atoms with Gasteiger partial charge in [-0.2, -0.15) is 36.1 Å². The maximum Gasteiger partial charge on any atom is 0.177 e. The summed E-state index contributed by atoms with van der Waals surface area (Å²) in [5, 5.41) is 4.99. The summed E-state index contributed by atoms with van der Waals surface area (Å²) in [5.74, 6) is 0. The molecule has 4 aromatic carbocycles. The topological polar surface area (TPSA) is 22.6 Å². The molecule has 0 fully saturated rings. The van der Waals surface area contributed by atoms with Crippen LogP contribution in [0.25, 0.3) is 0 Å². The molecule has 1 unspecified atom stereocenters. The molecule has 0 saturated heterocycles. The fourth-order valence-electron chi connectivity index (χ4n) is 7.49. The SMILES string of the molecule is CN1C=CN(c2[c-]c(N3c4[c-]c([Si](C5=CCCC=C5)(c5ccccc5)c5ccccn5)ccc4C(C)(C)c4ccccc43)ccc2)[CH-]1.[Pt]. The number of rotatable bonds is 6. The number of benzene rings is 4. The normalized spacial score (nSPS) is 17.2. The van der Waals surface area contributed by atoms with E-state index in [2.05, 4.69) is 164 Å². The van der Waals surface area contributed by atoms with Gasteiger partial charge in [0.2, 0.25) is 0 Å². The minimum Gasteiger partial charge on any atom is -0.510 e. The van der Waals surface area contributed by atoms with Crippen LogP contribution < -0.4 is 25.5 Å². The van der Waals surface area contributed by atoms with Gasteiger partial charge in [-0.1, -0.05) is 98.0 Å². The van der Waals surface area contributed by atoms with Crippen molar-refractivity contribution in [3.05, 3.63) is 175 Å². The molecule has 0 spiro atoms. The van der Waals surface area contributed by atoms with E-state index in [0.29, 0.717) is 0 Å². The molecule has 0 amide bonds. The van der Waals surface area contributed by atoms with E-state index >= 15 is 0 Å². The fourth-order valence-corrected chi connectivity index (χ4v) is 12.1. The second-order valence-electron chi connectivity index (χ2n) is 13.0. The predicted molar refractivity (Wildman–Crippen MR) is 196 cm³/mol. The van der Waals surface area contributed by atoms with Crippen molar-refractivity contribution >= 4 is 46.5 Å². The Bertz CT molecular complexity index is 2000. The van der Waals surface area contributed by atoms with Crippen molar-refractivity contribution in [3.8, 4) is 0 Å². The third-order valence-electron chi connectivity index (χ3n) is 9.78. The van der Waals surface area contributed by atoms with Gasteiger partial charge in [0.05, 0.1) is 0 Å². The van der Waals surface area contributed by atoms with Gasteiger partial charge in [-0.3, -0.25) is 4.98 Å². The zero-order valence-electron chi connectivity index (χ0n) is 27.4. The summed E-state index contributed by atoms with van der Waals surface area (Å²) in [4.78, 5) is 11.7. The van der Waals surface area contributed by atoms with Gasteiger partial charge in [0.25, 0.3) is 0 Å². The molecule has 0 bridgehead atoms. The predicted octanol–water partition coefficient (Wildman–Crippen LogP) is 7.42. The number of pyridine rings is 1. The zero-order chi connectivity index (χ0) is 32.0. The Balaban J connectivity index is 0.00000364. The molecule has 2 aliphatic heterocycles. The summed E-state index contributed by atoms with van der Waals surface area (Å²) in [7, 11) is -0.808. The van der Waals surface area contributed by atoms with E-state index < -0.39 is 8.07 Å². The van der Waals surface area contributed by atoms with Crippen LogP contribution in [0.4, 0.5) is 22.7 Å². The number of hydrogen-bond acceptors (Lipinski definition) is 4. The molecule has 1 aromatic heterocycles. The van der Waals surface area contributed by atoms with Crippen LogP contribution in [0.5, 0.6) is 0 Å². The van der Waals surface area contributed by atoms with Crippen molar-refractivity contribution in [3.63, 3.8) is 0 Å². The van der Waals surface area contributed by atoms with Crippen LogP contribution in [0.3, 0.4) is 0 Å². The molecule has 0 saturated carbocycles. The molecular weight excluding hydrogens is 784 g/mol. The van der Waals surface area contributed by atoms with E-state index in [-0.39, 0.29) is 26.5 Å². The average Bonchev–Trinajstić information content (AvgIpc) is 3.56. The smallest absolute Gasteiger partial charge is 0.177 e. The Morgan fingerprint density at radius 1 is 0.771 bits per heavy atom. The molecule has 3 aliphatic rings. The fraction of sp³-hybridized carbons (Fsp3) is 0.143. The Morgan fingerprint density at radius 2 is 1.56 bits per heavy atom. The van der Waals surface area contributed by atoms with Gasteiger partial charge < -0.3 is 14.7 Å². The first-order valence-electron chi connectivity index (χ1n) is 16.3. The Morgan fingerprint density at radius 3 is 2.31 bits per heavy atom. The van der Waals surface area contributed by atoms with Crippen LogP contribution in [0.2, 0.25) is 0 Å². The van der Waals surface area contributed by atoms with E-state index in [1.54, 1.807) is 0 Å². The first kappa shape index (κ1) is 32.1. The van der Waals surface area contributed by atoms with Gasteiger partial charge in [0.1, 0.15) is 0 Å². The van der Waals surface area contributed by atoms with Crippen LogP contribution in [0, 0.1) is 18.8 Å². The van der Waals surface area contributed by atoms with E-state index in [1.165, 1.54) is 26.7 Å². The Labute approximate surface area is 300 Å². The minimum atomic E-state index is -2.85. The third-order valence-corrected chi connectivity index (χ3v) is 14.4. The molecule has 48 heavy (non-hydrogen) atoms. The molecule has 5 aromatic rings. The molecule has 4 nitrogen and oxygen atoms in total. The van der Waals surface area contributed by atoms with E-state index in [4.69, 9.17) is 4.98 Å². The van der Waals surface area contributed by atoms with Crippen LogP contribution in [-0.2, 0) is 26.5 Å². The third kappa shape index (κ3) is 5.21. The molecule has 1 aliphatic carbocycles. The summed E-state index contributed by atoms with van der Waals surface area (Å²) in [6.07, 6.45) is 15.3. The van der Waals surface area contributed by atoms with Crippen LogP contribution in [-0.4, -0.2) is 25.0 Å². The molecule has 1 atom stereocenters. The van der Waals surface area contributed by atoms with Crippen LogP contribution in [0.15, 0.2) is 145 Å². The Kier molecular flexibility index (Phi) is 8.61. The minimum absolute atomic E-state index is 0. The van der Waals surface area contributed by atoms with Crippen molar-refractivity contribution in [2.75, 3.05) is 16.8 Å². The number of allylic oxidation sites excluding steroid dienone is 4. The van der Waals surface area contributed by atoms with Gasteiger partial charge in [-0.25, -0.2) is 0 Å². The number of nitrogens with zero attached hydrogens (tertiary/aromatic N) is 4. The zero-order valence-corrected chi connectivity index (χ0v) is 30.6. The number of anilines is 4. The summed E-state index contributed by atoms with van der Waals surface area (Å²) < 4.78 is 0. The van der Waals surface area contributed by atoms with Crippen molar-refractivity contribution < 1.29 is 21.1 Å². The standard InChI is InChI=1S/C42H37N4Si.Pt/c1-42(2)37-21-10-11-22-39(37)46(33-16-14-15-32(29-33)45-28-27-44(3)31-45)40-30-36(24-25-38(40)42)47(34-17-6-4-7-18-34,35-19-8-5-9-20-35)41-23-12-13-26-43-41;/h4,6-8,10-28,31H,5,9H2,1-3H3;/q-3;. The van der Waals surface area contributed by atoms with E-state index in [9.17, 15) is 0 Å². The Hall–Kier alpha value is -4.44. The molecule has 0 radical (unpaired) electrons. The monoisotopic (exact) mass is 820 g/mol. The van der Waals surface area contributed by atoms with E-state index in [0.717, 1.165) is 40.9 Å². The number of hydrogen-bond donors (Lipinski definition) is 0. The summed E-state index contributed by atoms with van der Waals surface area (Å²) >= 11 is 0. The quantitative estimate of drug-likeness (QED) is 0.132. The summed E-state index contributed by atoms with van der Waals surface area (Å²) in [6.45, 7) is 6.74. The molecule has 0 N–H and O–H groups in total. The molecule has 8 rings (SSSR count). The van der Waals surface area contributed by atoms with Crippen LogP contribution in [0.1, 0.15) is 37.8 Å². The molecule has 6 heteroatoms. The van der Waals surface area contributed by atoms with Crippen molar-refractivity contribution in [1.82, 2.24) is 9.88 Å². The van der Waals surface area contributed by atoms with Gasteiger partial charge in [-0.05, 0) is 71.8 Å². The van der Waals surface area contributed by atoms with Gasteiger partial charge in [0, 0.05) is 38.3 Å². The second-order valence-corrected chi connectivity index (χ2v) is 16.7. The van der Waals surface area contributed by atoms with Crippen molar-refractivity contribution in [2.24, 2.45) is 0 Å².